The summed E-state index contributed by atoms with van der Waals surface area (Å²) in [5.74, 6) is 0.485. The predicted molar refractivity (Wildman–Crippen MR) is 134 cm³/mol. The third-order valence-electron chi connectivity index (χ3n) is 5.69. The Balaban J connectivity index is 1.25. The van der Waals surface area contributed by atoms with Crippen molar-refractivity contribution in [3.05, 3.63) is 62.4 Å². The van der Waals surface area contributed by atoms with Gasteiger partial charge < -0.3 is 14.8 Å². The van der Waals surface area contributed by atoms with Crippen molar-refractivity contribution in [2.75, 3.05) is 12.1 Å². The molecule has 0 unspecified atom stereocenters. The maximum absolute atomic E-state index is 12.7. The Morgan fingerprint density at radius 1 is 1.21 bits per heavy atom. The summed E-state index contributed by atoms with van der Waals surface area (Å²) in [4.78, 5) is 27.9. The van der Waals surface area contributed by atoms with Crippen LogP contribution in [0.2, 0.25) is 5.02 Å². The highest BCUT2D eigenvalue weighted by atomic mass is 35.5. The number of rotatable bonds is 7. The summed E-state index contributed by atoms with van der Waals surface area (Å²) in [7, 11) is 0. The lowest BCUT2D eigenvalue weighted by atomic mass is 10.1. The number of nitrogens with one attached hydrogen (secondary N) is 2. The van der Waals surface area contributed by atoms with Gasteiger partial charge in [0.25, 0.3) is 5.69 Å². The van der Waals surface area contributed by atoms with E-state index in [-0.39, 0.29) is 58.8 Å². The molecule has 0 fully saturated rings. The summed E-state index contributed by atoms with van der Waals surface area (Å²) in [5.41, 5.74) is 4.34. The van der Waals surface area contributed by atoms with Crippen molar-refractivity contribution in [1.82, 2.24) is 35.3 Å². The topological polar surface area (TPSA) is 197 Å². The van der Waals surface area contributed by atoms with Gasteiger partial charge in [0.2, 0.25) is 29.6 Å². The smallest absolute Gasteiger partial charge is 0.282 e. The number of aryl methyl sites for hydroxylation is 1. The first-order valence-electron chi connectivity index (χ1n) is 11.2. The highest BCUT2D eigenvalue weighted by Crippen LogP contribution is 2.37. The minimum Gasteiger partial charge on any atom is -0.454 e. The van der Waals surface area contributed by atoms with Crippen molar-refractivity contribution in [3.8, 4) is 11.5 Å². The summed E-state index contributed by atoms with van der Waals surface area (Å²) in [6.45, 7) is 1.84. The molecule has 0 atom stereocenters. The number of benzene rings is 2. The zero-order valence-electron chi connectivity index (χ0n) is 19.8. The van der Waals surface area contributed by atoms with Crippen LogP contribution in [0.4, 0.5) is 17.2 Å². The van der Waals surface area contributed by atoms with Crippen LogP contribution in [-0.2, 0) is 11.2 Å². The van der Waals surface area contributed by atoms with Crippen LogP contribution in [0.15, 0.2) is 40.1 Å². The van der Waals surface area contributed by atoms with Gasteiger partial charge in [0.1, 0.15) is 5.82 Å². The van der Waals surface area contributed by atoms with Gasteiger partial charge in [0.05, 0.1) is 29.2 Å². The Hall–Kier alpha value is -5.38. The molecule has 1 aliphatic heterocycles. The van der Waals surface area contributed by atoms with E-state index in [1.807, 2.05) is 19.1 Å². The Morgan fingerprint density at radius 3 is 2.82 bits per heavy atom. The molecule has 5 aromatic rings. The number of amides is 1. The lowest BCUT2D eigenvalue weighted by molar-refractivity contribution is -0.385. The molecule has 2 N–H and O–H groups in total. The predicted octanol–water partition coefficient (Wildman–Crippen LogP) is 2.70. The second-order valence-electron chi connectivity index (χ2n) is 8.23. The van der Waals surface area contributed by atoms with Gasteiger partial charge in [-0.3, -0.25) is 19.3 Å². The fourth-order valence-corrected chi connectivity index (χ4v) is 3.99. The summed E-state index contributed by atoms with van der Waals surface area (Å²) < 4.78 is 16.7. The van der Waals surface area contributed by atoms with Crippen molar-refractivity contribution in [1.29, 1.82) is 0 Å². The van der Waals surface area contributed by atoms with Crippen LogP contribution in [0.3, 0.4) is 0 Å². The molecule has 0 aliphatic carbocycles. The van der Waals surface area contributed by atoms with Gasteiger partial charge in [-0.25, -0.2) is 15.0 Å². The summed E-state index contributed by atoms with van der Waals surface area (Å²) >= 11 is 6.24. The summed E-state index contributed by atoms with van der Waals surface area (Å²) in [5, 5.41) is 34.9. The van der Waals surface area contributed by atoms with Crippen molar-refractivity contribution in [2.45, 2.75) is 13.3 Å². The number of hydrogen-bond donors (Lipinski definition) is 2. The van der Waals surface area contributed by atoms with Crippen molar-refractivity contribution >= 4 is 57.9 Å². The molecule has 1 amide bonds. The lowest BCUT2D eigenvalue weighted by Gasteiger charge is -2.08. The second kappa shape index (κ2) is 9.49. The van der Waals surface area contributed by atoms with Gasteiger partial charge in [-0.2, -0.15) is 5.10 Å². The molecule has 0 saturated carbocycles. The first-order valence-corrected chi connectivity index (χ1v) is 11.5. The fourth-order valence-electron chi connectivity index (χ4n) is 3.81. The van der Waals surface area contributed by atoms with E-state index in [4.69, 9.17) is 25.7 Å². The van der Waals surface area contributed by atoms with E-state index in [1.54, 1.807) is 6.07 Å². The second-order valence-corrected chi connectivity index (χ2v) is 8.63. The first kappa shape index (κ1) is 24.0. The third kappa shape index (κ3) is 4.48. The van der Waals surface area contributed by atoms with Crippen molar-refractivity contribution in [3.63, 3.8) is 0 Å². The van der Waals surface area contributed by atoms with Crippen LogP contribution < -0.4 is 20.2 Å². The maximum Gasteiger partial charge on any atom is 0.282 e. The van der Waals surface area contributed by atoms with E-state index in [1.165, 1.54) is 16.5 Å². The molecule has 3 aromatic heterocycles. The normalized spacial score (nSPS) is 12.5. The van der Waals surface area contributed by atoms with Gasteiger partial charge in [0.15, 0.2) is 17.3 Å². The van der Waals surface area contributed by atoms with Crippen LogP contribution >= 0.6 is 11.6 Å². The number of hydrogen-bond acceptors (Lipinski definition) is 13. The number of nitro groups is 1. The highest BCUT2D eigenvalue weighted by molar-refractivity contribution is 6.31. The van der Waals surface area contributed by atoms with Crippen molar-refractivity contribution in [2.24, 2.45) is 5.10 Å². The summed E-state index contributed by atoms with van der Waals surface area (Å²) in [6, 6.07) is 8.02. The van der Waals surface area contributed by atoms with Crippen LogP contribution in [0, 0.1) is 17.0 Å². The number of halogens is 1. The Bertz CT molecular complexity index is 1820. The molecule has 0 saturated heterocycles. The number of carbonyl (C=O) groups is 1. The molecular formula is C22H15ClN10O6. The van der Waals surface area contributed by atoms with E-state index in [9.17, 15) is 14.9 Å². The zero-order valence-corrected chi connectivity index (χ0v) is 20.5. The minimum absolute atomic E-state index is 0.0457. The Labute approximate surface area is 221 Å². The quantitative estimate of drug-likeness (QED) is 0.171. The number of anilines is 2. The molecule has 1 aliphatic rings. The fraction of sp³-hybridized carbons (Fsp3) is 0.136. The Kier molecular flexibility index (Phi) is 5.84. The van der Waals surface area contributed by atoms with E-state index >= 15 is 0 Å². The van der Waals surface area contributed by atoms with Crippen LogP contribution in [0.1, 0.15) is 17.0 Å². The number of nitrogens with zero attached hydrogens (tertiary/aromatic N) is 8. The van der Waals surface area contributed by atoms with Gasteiger partial charge in [-0.1, -0.05) is 17.7 Å². The molecule has 6 rings (SSSR count). The number of nitro benzene ring substituents is 1. The monoisotopic (exact) mass is 550 g/mol. The SMILES string of the molecule is Cc1ccc(Nc2nc3nonc3n3c(CC(=O)NN=Cc4cc5c(cc4[N+](=O)[O-])OCO5)nnc23)cc1Cl. The van der Waals surface area contributed by atoms with Gasteiger partial charge in [0, 0.05) is 10.7 Å². The highest BCUT2D eigenvalue weighted by Gasteiger charge is 2.23. The molecule has 17 heteroatoms. The van der Waals surface area contributed by atoms with Crippen LogP contribution in [0.25, 0.3) is 16.9 Å². The van der Waals surface area contributed by atoms with Gasteiger partial charge in [-0.05, 0) is 41.0 Å². The lowest BCUT2D eigenvalue weighted by Crippen LogP contribution is -2.21. The number of aromatic nitrogens is 6. The van der Waals surface area contributed by atoms with Crippen LogP contribution in [0.5, 0.6) is 11.5 Å². The third-order valence-corrected chi connectivity index (χ3v) is 6.10. The number of carbonyl (C=O) groups excluding carboxylic acids is 1. The zero-order chi connectivity index (χ0) is 27.1. The molecule has 16 nitrogen and oxygen atoms in total. The average molecular weight is 551 g/mol. The average Bonchev–Trinajstić information content (AvgIpc) is 3.65. The van der Waals surface area contributed by atoms with E-state index in [0.717, 1.165) is 11.8 Å². The molecule has 39 heavy (non-hydrogen) atoms. The van der Waals surface area contributed by atoms with E-state index in [0.29, 0.717) is 16.5 Å². The van der Waals surface area contributed by atoms with E-state index in [2.05, 4.69) is 41.3 Å². The standard InChI is InChI=1S/C22H15ClN10O6/c1-10-2-3-12(5-13(10)23)25-19-21-29-27-17(32(21)22-20(26-19)30-39-31-22)7-18(34)28-24-8-11-4-15-16(38-9-37-15)6-14(11)33(35)36/h2-6,8H,7,9H2,1H3,(H,28,34)(H,25,26,30). The number of hydrazone groups is 1. The van der Waals surface area contributed by atoms with Gasteiger partial charge >= 0.3 is 0 Å². The largest absolute Gasteiger partial charge is 0.454 e. The molecule has 0 radical (unpaired) electrons. The Morgan fingerprint density at radius 2 is 2.03 bits per heavy atom. The number of fused-ring (bicyclic) bond motifs is 4. The minimum atomic E-state index is -0.588. The number of ether oxygens (including phenoxy) is 2. The molecular weight excluding hydrogens is 536 g/mol. The molecule has 4 heterocycles. The molecule has 0 spiro atoms. The first-order chi connectivity index (χ1) is 18.9. The van der Waals surface area contributed by atoms with Gasteiger partial charge in [-0.15, -0.1) is 10.2 Å². The summed E-state index contributed by atoms with van der Waals surface area (Å²) in [6.07, 6.45) is 0.863. The maximum atomic E-state index is 12.7. The molecule has 0 bridgehead atoms. The molecule has 196 valence electrons. The van der Waals surface area contributed by atoms with Crippen molar-refractivity contribution < 1.29 is 23.8 Å². The van der Waals surface area contributed by atoms with E-state index < -0.39 is 10.8 Å². The molecule has 2 aromatic carbocycles. The van der Waals surface area contributed by atoms with Crippen LogP contribution in [-0.4, -0.2) is 53.7 Å².